The Kier molecular flexibility index (Phi) is 4.34. The van der Waals surface area contributed by atoms with Crippen LogP contribution in [0.3, 0.4) is 0 Å². The van der Waals surface area contributed by atoms with E-state index in [1.807, 2.05) is 0 Å². The normalized spacial score (nSPS) is 10.5. The van der Waals surface area contributed by atoms with Gasteiger partial charge >= 0.3 is 5.97 Å². The molecule has 0 aliphatic rings. The van der Waals surface area contributed by atoms with Crippen LogP contribution in [0.2, 0.25) is 0 Å². The van der Waals surface area contributed by atoms with Crippen LogP contribution in [0.1, 0.15) is 29.7 Å². The van der Waals surface area contributed by atoms with Crippen LogP contribution < -0.4 is 0 Å². The molecule has 1 heterocycles. The lowest BCUT2D eigenvalue weighted by atomic mass is 10.3. The third-order valence-corrected chi connectivity index (χ3v) is 1.64. The number of esters is 1. The standard InChI is InChI=1S/C11H12O4/c1-2-14-11(13)5-3-4-9-6-7-10(8-12)15-9/h3-4,6-8H,2,5H2,1H3. The molecule has 0 fully saturated rings. The minimum atomic E-state index is -0.282. The van der Waals surface area contributed by atoms with Gasteiger partial charge in [0.15, 0.2) is 12.0 Å². The van der Waals surface area contributed by atoms with E-state index in [2.05, 4.69) is 0 Å². The Morgan fingerprint density at radius 1 is 1.47 bits per heavy atom. The molecule has 4 nitrogen and oxygen atoms in total. The molecule has 4 heteroatoms. The summed E-state index contributed by atoms with van der Waals surface area (Å²) in [5.74, 6) is 0.531. The lowest BCUT2D eigenvalue weighted by Crippen LogP contribution is -2.01. The molecule has 0 aromatic carbocycles. The van der Waals surface area contributed by atoms with Crippen LogP contribution in [-0.4, -0.2) is 18.9 Å². The topological polar surface area (TPSA) is 56.5 Å². The average Bonchev–Trinajstić information content (AvgIpc) is 2.66. The average molecular weight is 208 g/mol. The molecule has 15 heavy (non-hydrogen) atoms. The van der Waals surface area contributed by atoms with Gasteiger partial charge in [-0.05, 0) is 25.1 Å². The van der Waals surface area contributed by atoms with Crippen molar-refractivity contribution in [3.63, 3.8) is 0 Å². The maximum atomic E-state index is 10.9. The van der Waals surface area contributed by atoms with Gasteiger partial charge in [-0.15, -0.1) is 0 Å². The zero-order chi connectivity index (χ0) is 11.1. The highest BCUT2D eigenvalue weighted by molar-refractivity contribution is 5.73. The molecule has 0 aliphatic heterocycles. The van der Waals surface area contributed by atoms with Crippen LogP contribution in [0, 0.1) is 0 Å². The van der Waals surface area contributed by atoms with Gasteiger partial charge in [-0.25, -0.2) is 0 Å². The summed E-state index contributed by atoms with van der Waals surface area (Å²) in [6.45, 7) is 2.13. The van der Waals surface area contributed by atoms with E-state index in [9.17, 15) is 9.59 Å². The Morgan fingerprint density at radius 2 is 2.20 bits per heavy atom. The highest BCUT2D eigenvalue weighted by Crippen LogP contribution is 2.07. The van der Waals surface area contributed by atoms with Crippen molar-refractivity contribution in [3.05, 3.63) is 29.7 Å². The van der Waals surface area contributed by atoms with Crippen molar-refractivity contribution in [1.82, 2.24) is 0 Å². The van der Waals surface area contributed by atoms with Crippen molar-refractivity contribution in [2.75, 3.05) is 6.61 Å². The summed E-state index contributed by atoms with van der Waals surface area (Å²) in [5.41, 5.74) is 0. The largest absolute Gasteiger partial charge is 0.466 e. The van der Waals surface area contributed by atoms with Crippen molar-refractivity contribution in [3.8, 4) is 0 Å². The van der Waals surface area contributed by atoms with E-state index in [4.69, 9.17) is 9.15 Å². The number of carbonyl (C=O) groups excluding carboxylic acids is 2. The van der Waals surface area contributed by atoms with Gasteiger partial charge < -0.3 is 9.15 Å². The zero-order valence-electron chi connectivity index (χ0n) is 8.43. The van der Waals surface area contributed by atoms with Gasteiger partial charge in [0.05, 0.1) is 13.0 Å². The van der Waals surface area contributed by atoms with Crippen molar-refractivity contribution in [2.24, 2.45) is 0 Å². The summed E-state index contributed by atoms with van der Waals surface area (Å²) < 4.78 is 9.80. The van der Waals surface area contributed by atoms with E-state index >= 15 is 0 Å². The first-order chi connectivity index (χ1) is 7.26. The van der Waals surface area contributed by atoms with Crippen LogP contribution in [0.15, 0.2) is 22.6 Å². The molecule has 0 spiro atoms. The van der Waals surface area contributed by atoms with Gasteiger partial charge in [0.2, 0.25) is 0 Å². The van der Waals surface area contributed by atoms with Gasteiger partial charge in [-0.1, -0.05) is 6.08 Å². The molecule has 0 saturated heterocycles. The lowest BCUT2D eigenvalue weighted by Gasteiger charge is -1.95. The number of aldehydes is 1. The van der Waals surface area contributed by atoms with Crippen molar-refractivity contribution < 1.29 is 18.7 Å². The molecule has 0 saturated carbocycles. The summed E-state index contributed by atoms with van der Waals surface area (Å²) >= 11 is 0. The minimum Gasteiger partial charge on any atom is -0.466 e. The fourth-order valence-corrected chi connectivity index (χ4v) is 1.01. The number of rotatable bonds is 5. The predicted octanol–water partition coefficient (Wildman–Crippen LogP) is 2.06. The molecule has 1 aromatic rings. The van der Waals surface area contributed by atoms with Crippen molar-refractivity contribution >= 4 is 18.3 Å². The maximum Gasteiger partial charge on any atom is 0.309 e. The first-order valence-corrected chi connectivity index (χ1v) is 4.63. The Labute approximate surface area is 87.5 Å². The molecule has 0 N–H and O–H groups in total. The Bertz CT molecular complexity index is 362. The van der Waals surface area contributed by atoms with E-state index in [1.165, 1.54) is 0 Å². The number of hydrogen-bond acceptors (Lipinski definition) is 4. The second kappa shape index (κ2) is 5.80. The van der Waals surface area contributed by atoms with Gasteiger partial charge in [-0.2, -0.15) is 0 Å². The summed E-state index contributed by atoms with van der Waals surface area (Å²) in [7, 11) is 0. The zero-order valence-corrected chi connectivity index (χ0v) is 8.43. The smallest absolute Gasteiger partial charge is 0.309 e. The summed E-state index contributed by atoms with van der Waals surface area (Å²) in [5, 5.41) is 0. The van der Waals surface area contributed by atoms with Gasteiger partial charge in [-0.3, -0.25) is 9.59 Å². The number of hydrogen-bond donors (Lipinski definition) is 0. The number of furan rings is 1. The highest BCUT2D eigenvalue weighted by Gasteiger charge is 1.98. The molecule has 0 radical (unpaired) electrons. The molecule has 0 aliphatic carbocycles. The lowest BCUT2D eigenvalue weighted by molar-refractivity contribution is -0.142. The number of ether oxygens (including phenoxy) is 1. The quantitative estimate of drug-likeness (QED) is 0.549. The van der Waals surface area contributed by atoms with E-state index in [0.717, 1.165) is 0 Å². The van der Waals surface area contributed by atoms with E-state index in [-0.39, 0.29) is 18.2 Å². The molecule has 1 aromatic heterocycles. The summed E-state index contributed by atoms with van der Waals surface area (Å²) in [6.07, 6.45) is 4.09. The van der Waals surface area contributed by atoms with Gasteiger partial charge in [0.25, 0.3) is 0 Å². The molecule has 80 valence electrons. The van der Waals surface area contributed by atoms with Crippen LogP contribution in [0.4, 0.5) is 0 Å². The predicted molar refractivity (Wildman–Crippen MR) is 54.4 cm³/mol. The van der Waals surface area contributed by atoms with Crippen LogP contribution in [0.25, 0.3) is 6.08 Å². The molecular formula is C11H12O4. The summed E-state index contributed by atoms with van der Waals surface area (Å²) in [4.78, 5) is 21.2. The van der Waals surface area contributed by atoms with Crippen LogP contribution in [0.5, 0.6) is 0 Å². The minimum absolute atomic E-state index is 0.199. The first kappa shape index (κ1) is 11.2. The van der Waals surface area contributed by atoms with Gasteiger partial charge in [0, 0.05) is 0 Å². The van der Waals surface area contributed by atoms with Gasteiger partial charge in [0.1, 0.15) is 5.76 Å². The Hall–Kier alpha value is -1.84. The SMILES string of the molecule is CCOC(=O)CC=Cc1ccc(C=O)o1. The van der Waals surface area contributed by atoms with Crippen molar-refractivity contribution in [2.45, 2.75) is 13.3 Å². The Balaban J connectivity index is 2.44. The second-order valence-electron chi connectivity index (χ2n) is 2.77. The Morgan fingerprint density at radius 3 is 2.80 bits per heavy atom. The van der Waals surface area contributed by atoms with Crippen LogP contribution >= 0.6 is 0 Å². The van der Waals surface area contributed by atoms with Crippen LogP contribution in [-0.2, 0) is 9.53 Å². The second-order valence-corrected chi connectivity index (χ2v) is 2.77. The highest BCUT2D eigenvalue weighted by atomic mass is 16.5. The fourth-order valence-electron chi connectivity index (χ4n) is 1.01. The molecule has 0 unspecified atom stereocenters. The fraction of sp³-hybridized carbons (Fsp3) is 0.273. The third-order valence-electron chi connectivity index (χ3n) is 1.64. The summed E-state index contributed by atoms with van der Waals surface area (Å²) in [6, 6.07) is 3.22. The molecular weight excluding hydrogens is 196 g/mol. The molecule has 0 amide bonds. The first-order valence-electron chi connectivity index (χ1n) is 4.63. The monoisotopic (exact) mass is 208 g/mol. The van der Waals surface area contributed by atoms with E-state index in [0.29, 0.717) is 18.7 Å². The number of carbonyl (C=O) groups is 2. The van der Waals surface area contributed by atoms with E-state index in [1.54, 1.807) is 31.2 Å². The van der Waals surface area contributed by atoms with E-state index < -0.39 is 0 Å². The molecule has 0 bridgehead atoms. The maximum absolute atomic E-state index is 10.9. The molecule has 1 rings (SSSR count). The third kappa shape index (κ3) is 3.81. The molecule has 0 atom stereocenters. The van der Waals surface area contributed by atoms with Crippen molar-refractivity contribution in [1.29, 1.82) is 0 Å².